The Morgan fingerprint density at radius 1 is 1.50 bits per heavy atom. The predicted molar refractivity (Wildman–Crippen MR) is 55.1 cm³/mol. The van der Waals surface area contributed by atoms with Gasteiger partial charge in [-0.1, -0.05) is 38.7 Å². The van der Waals surface area contributed by atoms with E-state index in [2.05, 4.69) is 38.7 Å². The van der Waals surface area contributed by atoms with Gasteiger partial charge in [-0.3, -0.25) is 0 Å². The maximum atomic E-state index is 4.10. The summed E-state index contributed by atoms with van der Waals surface area (Å²) in [5.41, 5.74) is 2.65. The summed E-state index contributed by atoms with van der Waals surface area (Å²) in [6.07, 6.45) is 10.2. The van der Waals surface area contributed by atoms with Crippen LogP contribution in [0.4, 0.5) is 0 Å². The summed E-state index contributed by atoms with van der Waals surface area (Å²) in [4.78, 5) is 0. The second-order valence-electron chi connectivity index (χ2n) is 3.84. The van der Waals surface area contributed by atoms with Crippen molar-refractivity contribution < 1.29 is 0 Å². The van der Waals surface area contributed by atoms with Crippen molar-refractivity contribution in [3.8, 4) is 0 Å². The molecule has 0 aliphatic heterocycles. The average molecular weight is 162 g/mol. The van der Waals surface area contributed by atoms with Crippen LogP contribution >= 0.6 is 0 Å². The molecule has 0 saturated carbocycles. The van der Waals surface area contributed by atoms with E-state index in [4.69, 9.17) is 0 Å². The summed E-state index contributed by atoms with van der Waals surface area (Å²) in [6.45, 7) is 8.57. The first kappa shape index (κ1) is 9.31. The molecule has 0 spiro atoms. The first-order chi connectivity index (χ1) is 5.70. The molecule has 0 nitrogen and oxygen atoms in total. The third-order valence-corrected chi connectivity index (χ3v) is 2.06. The average Bonchev–Trinajstić information content (AvgIpc) is 2.05. The van der Waals surface area contributed by atoms with Gasteiger partial charge >= 0.3 is 0 Å². The Kier molecular flexibility index (Phi) is 3.33. The van der Waals surface area contributed by atoms with Gasteiger partial charge in [0, 0.05) is 0 Å². The van der Waals surface area contributed by atoms with Gasteiger partial charge < -0.3 is 0 Å². The second kappa shape index (κ2) is 4.30. The monoisotopic (exact) mass is 162 g/mol. The van der Waals surface area contributed by atoms with E-state index < -0.39 is 0 Å². The Bertz CT molecular complexity index is 216. The van der Waals surface area contributed by atoms with Crippen molar-refractivity contribution >= 4 is 0 Å². The molecule has 0 heterocycles. The Hall–Kier alpha value is -0.780. The molecule has 0 amide bonds. The van der Waals surface area contributed by atoms with E-state index in [9.17, 15) is 0 Å². The van der Waals surface area contributed by atoms with E-state index in [0.717, 1.165) is 6.42 Å². The third-order valence-electron chi connectivity index (χ3n) is 2.06. The summed E-state index contributed by atoms with van der Waals surface area (Å²) in [6, 6.07) is 0. The lowest BCUT2D eigenvalue weighted by Crippen LogP contribution is -1.94. The van der Waals surface area contributed by atoms with E-state index in [1.54, 1.807) is 0 Å². The normalized spacial score (nSPS) is 16.4. The smallest absolute Gasteiger partial charge is 0.0256 e. The summed E-state index contributed by atoms with van der Waals surface area (Å²) >= 11 is 0. The van der Waals surface area contributed by atoms with Crippen molar-refractivity contribution in [3.63, 3.8) is 0 Å². The minimum atomic E-state index is 0.716. The molecule has 0 fully saturated rings. The largest absolute Gasteiger partial charge is 0.0952 e. The molecule has 0 unspecified atom stereocenters. The van der Waals surface area contributed by atoms with Crippen LogP contribution in [0.1, 0.15) is 33.1 Å². The van der Waals surface area contributed by atoms with Crippen molar-refractivity contribution in [1.29, 1.82) is 0 Å². The highest BCUT2D eigenvalue weighted by Crippen LogP contribution is 2.21. The van der Waals surface area contributed by atoms with Crippen LogP contribution in [0.2, 0.25) is 0 Å². The van der Waals surface area contributed by atoms with Crippen molar-refractivity contribution in [3.05, 3.63) is 36.0 Å². The molecule has 1 rings (SSSR count). The van der Waals surface area contributed by atoms with E-state index in [0.29, 0.717) is 5.92 Å². The standard InChI is InChI=1S/C12H18/c1-10(2)9-11(3)12-7-5-4-6-8-12/h5,7-8,10H,3-4,6,9H2,1-2H3. The molecule has 0 radical (unpaired) electrons. The topological polar surface area (TPSA) is 0 Å². The zero-order valence-corrected chi connectivity index (χ0v) is 8.14. The molecule has 0 aromatic carbocycles. The van der Waals surface area contributed by atoms with E-state index in [1.165, 1.54) is 24.0 Å². The quantitative estimate of drug-likeness (QED) is 0.591. The number of hydrogen-bond acceptors (Lipinski definition) is 0. The Labute approximate surface area is 75.7 Å². The van der Waals surface area contributed by atoms with Crippen LogP contribution in [0.15, 0.2) is 36.0 Å². The lowest BCUT2D eigenvalue weighted by atomic mass is 9.94. The highest BCUT2D eigenvalue weighted by molar-refractivity contribution is 5.39. The lowest BCUT2D eigenvalue weighted by Gasteiger charge is -2.11. The van der Waals surface area contributed by atoms with Crippen LogP contribution < -0.4 is 0 Å². The predicted octanol–water partition coefficient (Wildman–Crippen LogP) is 3.87. The molecule has 66 valence electrons. The van der Waals surface area contributed by atoms with Crippen LogP contribution in [-0.2, 0) is 0 Å². The van der Waals surface area contributed by atoms with E-state index in [1.807, 2.05) is 0 Å². The maximum Gasteiger partial charge on any atom is -0.0256 e. The van der Waals surface area contributed by atoms with Gasteiger partial charge in [0.05, 0.1) is 0 Å². The Balaban J connectivity index is 2.52. The molecule has 0 saturated heterocycles. The van der Waals surface area contributed by atoms with Gasteiger partial charge in [0.2, 0.25) is 0 Å². The molecule has 0 aromatic heterocycles. The zero-order valence-electron chi connectivity index (χ0n) is 8.14. The van der Waals surface area contributed by atoms with Gasteiger partial charge in [-0.25, -0.2) is 0 Å². The van der Waals surface area contributed by atoms with Crippen LogP contribution in [0, 0.1) is 5.92 Å². The number of rotatable bonds is 3. The SMILES string of the molecule is C=C(CC(C)C)C1=CCCC=C1. The Morgan fingerprint density at radius 2 is 2.25 bits per heavy atom. The molecular formula is C12H18. The summed E-state index contributed by atoms with van der Waals surface area (Å²) in [5.74, 6) is 0.716. The zero-order chi connectivity index (χ0) is 8.97. The van der Waals surface area contributed by atoms with Crippen molar-refractivity contribution in [2.45, 2.75) is 33.1 Å². The minimum absolute atomic E-state index is 0.716. The van der Waals surface area contributed by atoms with E-state index in [-0.39, 0.29) is 0 Å². The highest BCUT2D eigenvalue weighted by Gasteiger charge is 2.03. The van der Waals surface area contributed by atoms with Gasteiger partial charge in [-0.15, -0.1) is 0 Å². The van der Waals surface area contributed by atoms with Crippen LogP contribution in [0.25, 0.3) is 0 Å². The fourth-order valence-electron chi connectivity index (χ4n) is 1.49. The molecule has 0 bridgehead atoms. The van der Waals surface area contributed by atoms with Crippen molar-refractivity contribution in [1.82, 2.24) is 0 Å². The van der Waals surface area contributed by atoms with Crippen LogP contribution in [0.5, 0.6) is 0 Å². The van der Waals surface area contributed by atoms with Crippen molar-refractivity contribution in [2.24, 2.45) is 5.92 Å². The maximum absolute atomic E-state index is 4.10. The van der Waals surface area contributed by atoms with Gasteiger partial charge in [-0.05, 0) is 36.3 Å². The van der Waals surface area contributed by atoms with Gasteiger partial charge in [-0.2, -0.15) is 0 Å². The molecular weight excluding hydrogens is 144 g/mol. The van der Waals surface area contributed by atoms with Gasteiger partial charge in [0.15, 0.2) is 0 Å². The van der Waals surface area contributed by atoms with Crippen LogP contribution in [-0.4, -0.2) is 0 Å². The minimum Gasteiger partial charge on any atom is -0.0952 e. The fraction of sp³-hybridized carbons (Fsp3) is 0.500. The molecule has 0 heteroatoms. The van der Waals surface area contributed by atoms with E-state index >= 15 is 0 Å². The lowest BCUT2D eigenvalue weighted by molar-refractivity contribution is 0.647. The van der Waals surface area contributed by atoms with Crippen LogP contribution in [0.3, 0.4) is 0 Å². The van der Waals surface area contributed by atoms with Gasteiger partial charge in [0.1, 0.15) is 0 Å². The number of allylic oxidation sites excluding steroid dienone is 5. The highest BCUT2D eigenvalue weighted by atomic mass is 14.1. The Morgan fingerprint density at radius 3 is 2.75 bits per heavy atom. The fourth-order valence-corrected chi connectivity index (χ4v) is 1.49. The van der Waals surface area contributed by atoms with Crippen molar-refractivity contribution in [2.75, 3.05) is 0 Å². The second-order valence-corrected chi connectivity index (χ2v) is 3.84. The summed E-state index contributed by atoms with van der Waals surface area (Å²) < 4.78 is 0. The summed E-state index contributed by atoms with van der Waals surface area (Å²) in [7, 11) is 0. The molecule has 0 atom stereocenters. The first-order valence-electron chi connectivity index (χ1n) is 4.75. The molecule has 12 heavy (non-hydrogen) atoms. The van der Waals surface area contributed by atoms with Gasteiger partial charge in [0.25, 0.3) is 0 Å². The summed E-state index contributed by atoms with van der Waals surface area (Å²) in [5, 5.41) is 0. The molecule has 1 aliphatic rings. The molecule has 0 aromatic rings. The third kappa shape index (κ3) is 2.69. The molecule has 1 aliphatic carbocycles. The molecule has 0 N–H and O–H groups in total. The number of hydrogen-bond donors (Lipinski definition) is 0. The first-order valence-corrected chi connectivity index (χ1v) is 4.75.